The molecular formula is C28H31N5O3. The molecule has 1 fully saturated rings. The lowest BCUT2D eigenvalue weighted by Crippen LogP contribution is -2.51. The molecule has 0 radical (unpaired) electrons. The van der Waals surface area contributed by atoms with E-state index in [0.29, 0.717) is 24.1 Å². The fraction of sp³-hybridized carbons (Fsp3) is 0.250. The number of imide groups is 1. The van der Waals surface area contributed by atoms with Gasteiger partial charge in [0.2, 0.25) is 5.91 Å². The van der Waals surface area contributed by atoms with Crippen molar-refractivity contribution in [3.05, 3.63) is 108 Å². The Bertz CT molecular complexity index is 1150. The van der Waals surface area contributed by atoms with E-state index >= 15 is 0 Å². The molecular weight excluding hydrogens is 454 g/mol. The van der Waals surface area contributed by atoms with Crippen molar-refractivity contribution in [3.8, 4) is 0 Å². The number of benzene rings is 3. The third kappa shape index (κ3) is 5.00. The van der Waals surface area contributed by atoms with Crippen LogP contribution in [0.25, 0.3) is 0 Å². The van der Waals surface area contributed by atoms with Gasteiger partial charge in [-0.3, -0.25) is 14.5 Å². The summed E-state index contributed by atoms with van der Waals surface area (Å²) in [6.07, 6.45) is 0.376. The molecule has 0 saturated carbocycles. The fourth-order valence-corrected chi connectivity index (χ4v) is 4.63. The van der Waals surface area contributed by atoms with Gasteiger partial charge in [0.25, 0.3) is 5.91 Å². The number of urea groups is 1. The summed E-state index contributed by atoms with van der Waals surface area (Å²) in [6, 6.07) is 26.3. The molecule has 0 aliphatic carbocycles. The van der Waals surface area contributed by atoms with Crippen LogP contribution in [0.1, 0.15) is 23.1 Å². The Balaban J connectivity index is 1.56. The van der Waals surface area contributed by atoms with Crippen molar-refractivity contribution in [1.29, 1.82) is 0 Å². The quantitative estimate of drug-likeness (QED) is 0.327. The molecule has 1 aliphatic heterocycles. The van der Waals surface area contributed by atoms with Gasteiger partial charge in [-0.1, -0.05) is 91.0 Å². The summed E-state index contributed by atoms with van der Waals surface area (Å²) < 4.78 is 0. The molecule has 8 heteroatoms. The molecule has 4 rings (SSSR count). The lowest BCUT2D eigenvalue weighted by molar-refractivity contribution is -0.131. The van der Waals surface area contributed by atoms with Crippen LogP contribution in [0.2, 0.25) is 0 Å². The number of hydrogen-bond donors (Lipinski definition) is 4. The van der Waals surface area contributed by atoms with Gasteiger partial charge in [-0.2, -0.15) is 0 Å². The highest BCUT2D eigenvalue weighted by atomic mass is 16.2. The average molecular weight is 486 g/mol. The van der Waals surface area contributed by atoms with Crippen LogP contribution in [-0.4, -0.2) is 41.9 Å². The van der Waals surface area contributed by atoms with Crippen molar-refractivity contribution in [2.45, 2.75) is 24.5 Å². The average Bonchev–Trinajstić information content (AvgIpc) is 3.18. The summed E-state index contributed by atoms with van der Waals surface area (Å²) in [7, 11) is 0. The highest BCUT2D eigenvalue weighted by Crippen LogP contribution is 2.36. The monoisotopic (exact) mass is 485 g/mol. The van der Waals surface area contributed by atoms with E-state index in [4.69, 9.17) is 11.5 Å². The Morgan fingerprint density at radius 3 is 1.94 bits per heavy atom. The summed E-state index contributed by atoms with van der Waals surface area (Å²) in [4.78, 5) is 41.2. The van der Waals surface area contributed by atoms with Crippen LogP contribution < -0.4 is 22.1 Å². The summed E-state index contributed by atoms with van der Waals surface area (Å²) in [5, 5.41) is 5.77. The van der Waals surface area contributed by atoms with Crippen LogP contribution in [-0.2, 0) is 21.7 Å². The number of carbonyl (C=O) groups excluding carboxylic acids is 3. The van der Waals surface area contributed by atoms with Gasteiger partial charge in [0, 0.05) is 19.0 Å². The maximum Gasteiger partial charge on any atom is 0.325 e. The second kappa shape index (κ2) is 11.2. The second-order valence-electron chi connectivity index (χ2n) is 8.89. The van der Waals surface area contributed by atoms with E-state index in [1.165, 1.54) is 0 Å². The number of nitrogens with one attached hydrogen (secondary N) is 2. The van der Waals surface area contributed by atoms with Gasteiger partial charge < -0.3 is 22.1 Å². The zero-order valence-corrected chi connectivity index (χ0v) is 20.0. The maximum atomic E-state index is 14.0. The van der Waals surface area contributed by atoms with E-state index in [1.54, 1.807) is 0 Å². The molecule has 8 nitrogen and oxygen atoms in total. The van der Waals surface area contributed by atoms with Crippen molar-refractivity contribution in [2.75, 3.05) is 13.1 Å². The number of rotatable bonds is 10. The summed E-state index contributed by atoms with van der Waals surface area (Å²) in [5.74, 6) is -1.28. The van der Waals surface area contributed by atoms with Crippen LogP contribution in [0, 0.1) is 5.92 Å². The zero-order valence-electron chi connectivity index (χ0n) is 20.0. The minimum Gasteiger partial charge on any atom is -0.351 e. The molecule has 2 atom stereocenters. The SMILES string of the molecule is NCCC(CN1C(=O)NC(c2ccccc2)(c2ccccc2)C1=O)[C@H](N)C(=O)NCc1ccccc1. The topological polar surface area (TPSA) is 131 Å². The van der Waals surface area contributed by atoms with Gasteiger partial charge in [0.15, 0.2) is 5.54 Å². The molecule has 0 bridgehead atoms. The van der Waals surface area contributed by atoms with Crippen LogP contribution in [0.4, 0.5) is 4.79 Å². The molecule has 4 amide bonds. The standard InChI is InChI=1S/C28H31N5O3/c29-17-16-21(24(30)25(34)31-18-20-10-4-1-5-11-20)19-33-26(35)28(32-27(33)36,22-12-6-2-7-13-22)23-14-8-3-9-15-23/h1-15,21,24H,16-19,29-30H2,(H,31,34)(H,32,36)/t21?,24-/m0/s1. The molecule has 0 aromatic heterocycles. The van der Waals surface area contributed by atoms with Crippen molar-refractivity contribution in [3.63, 3.8) is 0 Å². The minimum atomic E-state index is -1.37. The summed E-state index contributed by atoms with van der Waals surface area (Å²) in [6.45, 7) is 0.566. The van der Waals surface area contributed by atoms with E-state index in [1.807, 2.05) is 91.0 Å². The number of hydrogen-bond acceptors (Lipinski definition) is 5. The first kappa shape index (κ1) is 25.1. The largest absolute Gasteiger partial charge is 0.351 e. The van der Waals surface area contributed by atoms with E-state index in [-0.39, 0.29) is 19.0 Å². The van der Waals surface area contributed by atoms with Crippen LogP contribution in [0.15, 0.2) is 91.0 Å². The molecule has 3 aromatic carbocycles. The molecule has 1 unspecified atom stereocenters. The predicted octanol–water partition coefficient (Wildman–Crippen LogP) is 2.09. The maximum absolute atomic E-state index is 14.0. The van der Waals surface area contributed by atoms with Gasteiger partial charge in [-0.05, 0) is 29.7 Å². The normalized spacial score (nSPS) is 16.3. The summed E-state index contributed by atoms with van der Waals surface area (Å²) in [5.41, 5.74) is 13.0. The molecule has 0 spiro atoms. The lowest BCUT2D eigenvalue weighted by Gasteiger charge is -2.29. The van der Waals surface area contributed by atoms with Gasteiger partial charge in [-0.15, -0.1) is 0 Å². The van der Waals surface area contributed by atoms with E-state index in [0.717, 1.165) is 10.5 Å². The second-order valence-corrected chi connectivity index (χ2v) is 8.89. The Hall–Kier alpha value is -4.01. The van der Waals surface area contributed by atoms with Crippen molar-refractivity contribution < 1.29 is 14.4 Å². The molecule has 1 heterocycles. The van der Waals surface area contributed by atoms with Crippen LogP contribution >= 0.6 is 0 Å². The van der Waals surface area contributed by atoms with Crippen LogP contribution in [0.5, 0.6) is 0 Å². The molecule has 186 valence electrons. The lowest BCUT2D eigenvalue weighted by atomic mass is 9.82. The van der Waals surface area contributed by atoms with E-state index in [9.17, 15) is 14.4 Å². The van der Waals surface area contributed by atoms with Crippen molar-refractivity contribution >= 4 is 17.8 Å². The van der Waals surface area contributed by atoms with Gasteiger partial charge in [-0.25, -0.2) is 4.79 Å². The Labute approximate surface area is 210 Å². The van der Waals surface area contributed by atoms with Crippen molar-refractivity contribution in [2.24, 2.45) is 17.4 Å². The van der Waals surface area contributed by atoms with Crippen molar-refractivity contribution in [1.82, 2.24) is 15.5 Å². The highest BCUT2D eigenvalue weighted by Gasteiger charge is 2.54. The molecule has 1 aliphatic rings. The highest BCUT2D eigenvalue weighted by molar-refractivity contribution is 6.09. The molecule has 3 aromatic rings. The molecule has 6 N–H and O–H groups in total. The Kier molecular flexibility index (Phi) is 7.77. The summed E-state index contributed by atoms with van der Waals surface area (Å²) >= 11 is 0. The van der Waals surface area contributed by atoms with E-state index in [2.05, 4.69) is 10.6 Å². The first-order valence-electron chi connectivity index (χ1n) is 12.0. The number of amides is 4. The molecule has 36 heavy (non-hydrogen) atoms. The third-order valence-electron chi connectivity index (χ3n) is 6.59. The first-order chi connectivity index (χ1) is 17.5. The van der Waals surface area contributed by atoms with Gasteiger partial charge in [0.1, 0.15) is 0 Å². The molecule has 1 saturated heterocycles. The predicted molar refractivity (Wildman–Crippen MR) is 137 cm³/mol. The first-order valence-corrected chi connectivity index (χ1v) is 12.0. The van der Waals surface area contributed by atoms with Gasteiger partial charge in [0.05, 0.1) is 6.04 Å². The van der Waals surface area contributed by atoms with E-state index < -0.39 is 29.4 Å². The fourth-order valence-electron chi connectivity index (χ4n) is 4.63. The Morgan fingerprint density at radius 1 is 0.889 bits per heavy atom. The minimum absolute atomic E-state index is 0.0246. The smallest absolute Gasteiger partial charge is 0.325 e. The van der Waals surface area contributed by atoms with Crippen LogP contribution in [0.3, 0.4) is 0 Å². The Morgan fingerprint density at radius 2 is 1.42 bits per heavy atom. The van der Waals surface area contributed by atoms with Gasteiger partial charge >= 0.3 is 6.03 Å². The number of nitrogens with zero attached hydrogens (tertiary/aromatic N) is 1. The zero-order chi connectivity index (χ0) is 25.5. The number of carbonyl (C=O) groups is 3. The number of nitrogens with two attached hydrogens (primary N) is 2. The third-order valence-corrected chi connectivity index (χ3v) is 6.59.